The largest absolute Gasteiger partial charge is 0.295 e. The van der Waals surface area contributed by atoms with Crippen LogP contribution in [0, 0.1) is 0 Å². The zero-order chi connectivity index (χ0) is 22.1. The van der Waals surface area contributed by atoms with Crippen molar-refractivity contribution >= 4 is 26.3 Å². The molecule has 9 heteroatoms. The van der Waals surface area contributed by atoms with Crippen LogP contribution in [0.15, 0.2) is 51.6 Å². The second-order valence-corrected chi connectivity index (χ2v) is 11.5. The van der Waals surface area contributed by atoms with Crippen LogP contribution >= 0.6 is 11.3 Å². The molecular formula is C23H28N4O3S2. The van der Waals surface area contributed by atoms with Gasteiger partial charge in [0.05, 0.1) is 10.6 Å². The van der Waals surface area contributed by atoms with Crippen LogP contribution in [0.5, 0.6) is 0 Å². The molecule has 0 amide bonds. The van der Waals surface area contributed by atoms with Crippen LogP contribution in [-0.4, -0.2) is 53.2 Å². The Labute approximate surface area is 192 Å². The molecule has 0 atom stereocenters. The highest BCUT2D eigenvalue weighted by Crippen LogP contribution is 2.33. The molecule has 0 N–H and O–H groups in total. The van der Waals surface area contributed by atoms with Crippen LogP contribution in [0.1, 0.15) is 49.3 Å². The van der Waals surface area contributed by atoms with Gasteiger partial charge in [-0.05, 0) is 36.5 Å². The standard InChI is InChI=1S/C23H28N4O3S2/c28-22-16-20(24-23-27(22)14-15-31-23)17-25-10-12-26(13-11-25)32(29,30)21-8-6-19(7-9-21)18-4-2-1-3-5-18/h6-9,14-16,18H,1-5,10-13,17H2. The molecule has 0 spiro atoms. The van der Waals surface area contributed by atoms with Crippen molar-refractivity contribution in [2.45, 2.75) is 49.5 Å². The highest BCUT2D eigenvalue weighted by atomic mass is 32.2. The number of hydrogen-bond donors (Lipinski definition) is 0. The average Bonchev–Trinajstić information content (AvgIpc) is 3.29. The molecule has 1 aliphatic carbocycles. The third-order valence-corrected chi connectivity index (χ3v) is 9.34. The Bertz CT molecular complexity index is 1240. The predicted molar refractivity (Wildman–Crippen MR) is 126 cm³/mol. The fraction of sp³-hybridized carbons (Fsp3) is 0.478. The van der Waals surface area contributed by atoms with Gasteiger partial charge in [0.25, 0.3) is 5.56 Å². The molecule has 2 aromatic heterocycles. The summed E-state index contributed by atoms with van der Waals surface area (Å²) in [5.41, 5.74) is 1.91. The number of sulfonamides is 1. The third kappa shape index (κ3) is 4.39. The Kier molecular flexibility index (Phi) is 6.16. The Balaban J connectivity index is 1.22. The lowest BCUT2D eigenvalue weighted by molar-refractivity contribution is 0.180. The van der Waals surface area contributed by atoms with E-state index in [2.05, 4.69) is 9.88 Å². The highest BCUT2D eigenvalue weighted by Gasteiger charge is 2.29. The second-order valence-electron chi connectivity index (χ2n) is 8.73. The molecule has 1 saturated heterocycles. The van der Waals surface area contributed by atoms with E-state index in [9.17, 15) is 13.2 Å². The van der Waals surface area contributed by atoms with Crippen molar-refractivity contribution in [3.63, 3.8) is 0 Å². The molecule has 2 aliphatic rings. The van der Waals surface area contributed by atoms with E-state index in [0.29, 0.717) is 48.5 Å². The summed E-state index contributed by atoms with van der Waals surface area (Å²) in [7, 11) is -3.49. The van der Waals surface area contributed by atoms with Gasteiger partial charge in [-0.25, -0.2) is 13.4 Å². The summed E-state index contributed by atoms with van der Waals surface area (Å²) in [5.74, 6) is 0.569. The van der Waals surface area contributed by atoms with Gasteiger partial charge in [-0.15, -0.1) is 11.3 Å². The summed E-state index contributed by atoms with van der Waals surface area (Å²) >= 11 is 1.43. The third-order valence-electron chi connectivity index (χ3n) is 6.67. The van der Waals surface area contributed by atoms with Crippen molar-refractivity contribution in [2.24, 2.45) is 0 Å². The van der Waals surface area contributed by atoms with Crippen molar-refractivity contribution in [3.8, 4) is 0 Å². The van der Waals surface area contributed by atoms with E-state index in [0.717, 1.165) is 5.69 Å². The van der Waals surface area contributed by atoms with Crippen molar-refractivity contribution in [1.82, 2.24) is 18.6 Å². The minimum Gasteiger partial charge on any atom is -0.295 e. The van der Waals surface area contributed by atoms with Crippen LogP contribution in [0.4, 0.5) is 0 Å². The molecule has 3 heterocycles. The fourth-order valence-corrected chi connectivity index (χ4v) is 6.98. The molecule has 2 fully saturated rings. The number of rotatable bonds is 5. The van der Waals surface area contributed by atoms with Crippen LogP contribution in [0.25, 0.3) is 4.96 Å². The van der Waals surface area contributed by atoms with Gasteiger partial charge in [-0.3, -0.25) is 14.1 Å². The SMILES string of the molecule is O=c1cc(CN2CCN(S(=O)(=O)c3ccc(C4CCCCC4)cc3)CC2)nc2sccn12. The lowest BCUT2D eigenvalue weighted by Gasteiger charge is -2.33. The molecule has 7 nitrogen and oxygen atoms in total. The van der Waals surface area contributed by atoms with Gasteiger partial charge in [-0.2, -0.15) is 4.31 Å². The Morgan fingerprint density at radius 2 is 1.72 bits per heavy atom. The quantitative estimate of drug-likeness (QED) is 0.570. The zero-order valence-corrected chi connectivity index (χ0v) is 19.7. The fourth-order valence-electron chi connectivity index (χ4n) is 4.82. The Morgan fingerprint density at radius 3 is 2.44 bits per heavy atom. The van der Waals surface area contributed by atoms with Gasteiger partial charge < -0.3 is 0 Å². The van der Waals surface area contributed by atoms with Gasteiger partial charge in [0.2, 0.25) is 10.0 Å². The molecule has 0 bridgehead atoms. The molecule has 0 unspecified atom stereocenters. The lowest BCUT2D eigenvalue weighted by atomic mass is 9.84. The number of benzene rings is 1. The van der Waals surface area contributed by atoms with Crippen LogP contribution in [-0.2, 0) is 16.6 Å². The lowest BCUT2D eigenvalue weighted by Crippen LogP contribution is -2.48. The maximum Gasteiger partial charge on any atom is 0.258 e. The zero-order valence-electron chi connectivity index (χ0n) is 18.0. The van der Waals surface area contributed by atoms with Crippen molar-refractivity contribution in [2.75, 3.05) is 26.2 Å². The average molecular weight is 473 g/mol. The van der Waals surface area contributed by atoms with Gasteiger partial charge in [0, 0.05) is 50.4 Å². The van der Waals surface area contributed by atoms with E-state index >= 15 is 0 Å². The Morgan fingerprint density at radius 1 is 1.00 bits per heavy atom. The molecule has 0 radical (unpaired) electrons. The molecule has 1 saturated carbocycles. The van der Waals surface area contributed by atoms with Gasteiger partial charge in [-0.1, -0.05) is 31.4 Å². The monoisotopic (exact) mass is 472 g/mol. The van der Waals surface area contributed by atoms with E-state index < -0.39 is 10.0 Å². The predicted octanol–water partition coefficient (Wildman–Crippen LogP) is 3.31. The van der Waals surface area contributed by atoms with Crippen molar-refractivity contribution in [1.29, 1.82) is 0 Å². The molecule has 1 aliphatic heterocycles. The number of thiazole rings is 1. The summed E-state index contributed by atoms with van der Waals surface area (Å²) < 4.78 is 29.4. The van der Waals surface area contributed by atoms with E-state index in [1.807, 2.05) is 17.5 Å². The van der Waals surface area contributed by atoms with E-state index in [1.165, 1.54) is 53.4 Å². The first kappa shape index (κ1) is 21.8. The number of aromatic nitrogens is 2. The highest BCUT2D eigenvalue weighted by molar-refractivity contribution is 7.89. The summed E-state index contributed by atoms with van der Waals surface area (Å²) in [4.78, 5) is 20.0. The van der Waals surface area contributed by atoms with Crippen molar-refractivity contribution < 1.29 is 8.42 Å². The smallest absolute Gasteiger partial charge is 0.258 e. The van der Waals surface area contributed by atoms with Crippen LogP contribution < -0.4 is 5.56 Å². The number of fused-ring (bicyclic) bond motifs is 1. The molecular weight excluding hydrogens is 444 g/mol. The van der Waals surface area contributed by atoms with E-state index in [1.54, 1.807) is 28.7 Å². The number of piperazine rings is 1. The summed E-state index contributed by atoms with van der Waals surface area (Å²) in [6.45, 7) is 2.66. The maximum absolute atomic E-state index is 13.2. The summed E-state index contributed by atoms with van der Waals surface area (Å²) in [6.07, 6.45) is 7.97. The minimum absolute atomic E-state index is 0.0795. The van der Waals surface area contributed by atoms with Crippen molar-refractivity contribution in [3.05, 3.63) is 63.5 Å². The molecule has 32 heavy (non-hydrogen) atoms. The summed E-state index contributed by atoms with van der Waals surface area (Å²) in [5, 5.41) is 1.85. The molecule has 3 aromatic rings. The normalized spacial score (nSPS) is 19.5. The van der Waals surface area contributed by atoms with Crippen LogP contribution in [0.2, 0.25) is 0 Å². The molecule has 170 valence electrons. The van der Waals surface area contributed by atoms with E-state index in [-0.39, 0.29) is 5.56 Å². The maximum atomic E-state index is 13.2. The first-order valence-electron chi connectivity index (χ1n) is 11.3. The topological polar surface area (TPSA) is 75.0 Å². The first-order chi connectivity index (χ1) is 15.5. The van der Waals surface area contributed by atoms with Crippen LogP contribution in [0.3, 0.4) is 0 Å². The Hall–Kier alpha value is -2.07. The first-order valence-corrected chi connectivity index (χ1v) is 13.6. The minimum atomic E-state index is -3.49. The van der Waals surface area contributed by atoms with Gasteiger partial charge >= 0.3 is 0 Å². The molecule has 1 aromatic carbocycles. The summed E-state index contributed by atoms with van der Waals surface area (Å²) in [6, 6.07) is 9.13. The van der Waals surface area contributed by atoms with E-state index in [4.69, 9.17) is 0 Å². The second kappa shape index (κ2) is 9.05. The number of hydrogen-bond acceptors (Lipinski definition) is 6. The molecule has 5 rings (SSSR count). The number of nitrogens with zero attached hydrogens (tertiary/aromatic N) is 4. The van der Waals surface area contributed by atoms with Gasteiger partial charge in [0.15, 0.2) is 4.96 Å². The van der Waals surface area contributed by atoms with Gasteiger partial charge in [0.1, 0.15) is 0 Å².